The van der Waals surface area contributed by atoms with Crippen LogP contribution in [0.5, 0.6) is 5.75 Å². The van der Waals surface area contributed by atoms with Crippen molar-refractivity contribution < 1.29 is 33.7 Å². The van der Waals surface area contributed by atoms with Crippen LogP contribution < -0.4 is 15.4 Å². The van der Waals surface area contributed by atoms with Crippen LogP contribution in [-0.4, -0.2) is 51.1 Å². The third-order valence-corrected chi connectivity index (χ3v) is 6.21. The molecule has 3 rings (SSSR count). The zero-order chi connectivity index (χ0) is 33.0. The lowest BCUT2D eigenvalue weighted by atomic mass is 9.96. The second-order valence-electron chi connectivity index (χ2n) is 9.81. The number of aromatic nitrogens is 2. The third-order valence-electron chi connectivity index (χ3n) is 6.21. The average Bonchev–Trinajstić information content (AvgIpc) is 3.34. The van der Waals surface area contributed by atoms with Crippen LogP contribution in [0, 0.1) is 20.2 Å². The van der Waals surface area contributed by atoms with Gasteiger partial charge in [0.2, 0.25) is 11.7 Å². The van der Waals surface area contributed by atoms with Gasteiger partial charge in [-0.05, 0) is 44.7 Å². The number of esters is 1. The Kier molecular flexibility index (Phi) is 12.9. The smallest absolute Gasteiger partial charge is 0.413 e. The van der Waals surface area contributed by atoms with Crippen LogP contribution >= 0.6 is 0 Å². The van der Waals surface area contributed by atoms with Crippen LogP contribution in [-0.2, 0) is 9.53 Å². The number of nitrogens with one attached hydrogen (secondary N) is 2. The molecule has 2 amide bonds. The molecule has 0 saturated carbocycles. The summed E-state index contributed by atoms with van der Waals surface area (Å²) >= 11 is 0. The molecule has 1 atom stereocenters. The highest BCUT2D eigenvalue weighted by atomic mass is 16.6. The number of hydrogen-bond donors (Lipinski definition) is 2. The summed E-state index contributed by atoms with van der Waals surface area (Å²) in [6.45, 7) is 9.56. The molecule has 2 aromatic carbocycles. The van der Waals surface area contributed by atoms with Crippen molar-refractivity contribution in [2.24, 2.45) is 0 Å². The molecule has 3 aromatic rings. The van der Waals surface area contributed by atoms with E-state index in [9.17, 15) is 34.6 Å². The number of allylic oxidation sites excluding steroid dienone is 1. The molecule has 0 fully saturated rings. The van der Waals surface area contributed by atoms with E-state index >= 15 is 0 Å². The normalized spacial score (nSPS) is 11.0. The number of anilines is 1. The first-order valence-electron chi connectivity index (χ1n) is 13.8. The fourth-order valence-corrected chi connectivity index (χ4v) is 3.83. The Bertz CT molecular complexity index is 1560. The third kappa shape index (κ3) is 9.34. The number of nitro groups is 2. The summed E-state index contributed by atoms with van der Waals surface area (Å²) in [5.74, 6) is -1.11. The van der Waals surface area contributed by atoms with Gasteiger partial charge < -0.3 is 14.8 Å². The number of hydrogen-bond acceptors (Lipinski definition) is 10. The quantitative estimate of drug-likeness (QED) is 0.0639. The van der Waals surface area contributed by atoms with Gasteiger partial charge in [0.05, 0.1) is 34.1 Å². The molecule has 0 spiro atoms. The standard InChI is InChI=1S/C15H18N2O6.C14H18N4O3/c1-5-10(4)12-7-11(16(19)20)8-13(17(21)22)15(12)23-14(18)6-9(2)3;1-3-4-9-15-13(19)18-11-8-6-5-7-10(11)16-12(18)17-14(20)21-2/h6-8,10H,5H2,1-4H3;5-8H,3-4,9H2,1-2H3,(H,15,19)(H,16,17,20). The van der Waals surface area contributed by atoms with Gasteiger partial charge in [0, 0.05) is 24.3 Å². The molecule has 0 bridgehead atoms. The topological polar surface area (TPSA) is 198 Å². The highest BCUT2D eigenvalue weighted by Crippen LogP contribution is 2.40. The number of nitro benzene ring substituents is 2. The van der Waals surface area contributed by atoms with Crippen LogP contribution in [0.15, 0.2) is 48.0 Å². The number of para-hydroxylation sites is 2. The minimum Gasteiger partial charge on any atom is -0.453 e. The first-order chi connectivity index (χ1) is 20.8. The number of carbonyl (C=O) groups is 3. The predicted molar refractivity (Wildman–Crippen MR) is 163 cm³/mol. The van der Waals surface area contributed by atoms with Gasteiger partial charge in [0.25, 0.3) is 5.69 Å². The van der Waals surface area contributed by atoms with E-state index in [1.54, 1.807) is 32.9 Å². The summed E-state index contributed by atoms with van der Waals surface area (Å²) in [6, 6.07) is 8.85. The van der Waals surface area contributed by atoms with Gasteiger partial charge in [0.15, 0.2) is 0 Å². The van der Waals surface area contributed by atoms with Crippen LogP contribution in [0.1, 0.15) is 65.4 Å². The Labute approximate surface area is 253 Å². The molecule has 1 heterocycles. The minimum absolute atomic E-state index is 0.136. The van der Waals surface area contributed by atoms with Crippen LogP contribution in [0.4, 0.5) is 26.9 Å². The van der Waals surface area contributed by atoms with Gasteiger partial charge in [0.1, 0.15) is 0 Å². The maximum absolute atomic E-state index is 12.3. The highest BCUT2D eigenvalue weighted by Gasteiger charge is 2.29. The molecular formula is C29H36N6O9. The summed E-state index contributed by atoms with van der Waals surface area (Å²) in [4.78, 5) is 60.5. The number of rotatable bonds is 10. The summed E-state index contributed by atoms with van der Waals surface area (Å²) < 4.78 is 11.0. The van der Waals surface area contributed by atoms with Gasteiger partial charge in [-0.25, -0.2) is 23.9 Å². The van der Waals surface area contributed by atoms with Gasteiger partial charge >= 0.3 is 23.8 Å². The van der Waals surface area contributed by atoms with Crippen molar-refractivity contribution in [3.63, 3.8) is 0 Å². The number of imidazole rings is 1. The first kappa shape index (κ1) is 34.9. The molecule has 0 aliphatic heterocycles. The van der Waals surface area contributed by atoms with Crippen molar-refractivity contribution in [1.29, 1.82) is 0 Å². The second-order valence-corrected chi connectivity index (χ2v) is 9.81. The van der Waals surface area contributed by atoms with Crippen LogP contribution in [0.2, 0.25) is 0 Å². The Hall–Kier alpha value is -5.34. The molecule has 1 aromatic heterocycles. The molecule has 1 unspecified atom stereocenters. The summed E-state index contributed by atoms with van der Waals surface area (Å²) in [5.41, 5.74) is 1.18. The van der Waals surface area contributed by atoms with E-state index < -0.39 is 33.3 Å². The van der Waals surface area contributed by atoms with Crippen molar-refractivity contribution in [3.8, 4) is 5.75 Å². The lowest BCUT2D eigenvalue weighted by molar-refractivity contribution is -0.394. The van der Waals surface area contributed by atoms with E-state index in [2.05, 4.69) is 20.4 Å². The fraction of sp³-hybridized carbons (Fsp3) is 0.379. The molecule has 0 aliphatic carbocycles. The van der Waals surface area contributed by atoms with Gasteiger partial charge in [-0.15, -0.1) is 0 Å². The maximum Gasteiger partial charge on any atom is 0.413 e. The number of carbonyl (C=O) groups excluding carboxylic acids is 3. The van der Waals surface area contributed by atoms with E-state index in [4.69, 9.17) is 4.74 Å². The molecule has 15 heteroatoms. The largest absolute Gasteiger partial charge is 0.453 e. The molecule has 15 nitrogen and oxygen atoms in total. The number of unbranched alkanes of at least 4 members (excludes halogenated alkanes) is 1. The number of amides is 2. The van der Waals surface area contributed by atoms with Crippen LogP contribution in [0.25, 0.3) is 11.0 Å². The van der Waals surface area contributed by atoms with E-state index in [1.807, 2.05) is 26.0 Å². The number of fused-ring (bicyclic) bond motifs is 1. The second kappa shape index (κ2) is 16.3. The zero-order valence-electron chi connectivity index (χ0n) is 25.4. The maximum atomic E-state index is 12.3. The fourth-order valence-electron chi connectivity index (χ4n) is 3.83. The minimum atomic E-state index is -0.788. The molecule has 0 saturated heterocycles. The van der Waals surface area contributed by atoms with E-state index in [-0.39, 0.29) is 29.2 Å². The van der Waals surface area contributed by atoms with Gasteiger partial charge in [-0.3, -0.25) is 25.5 Å². The first-order valence-corrected chi connectivity index (χ1v) is 13.8. The highest BCUT2D eigenvalue weighted by molar-refractivity contribution is 5.96. The Morgan fingerprint density at radius 1 is 1.09 bits per heavy atom. The molecule has 0 aliphatic rings. The number of benzene rings is 2. The zero-order valence-corrected chi connectivity index (χ0v) is 25.4. The lowest BCUT2D eigenvalue weighted by Crippen LogP contribution is -2.31. The van der Waals surface area contributed by atoms with Crippen molar-refractivity contribution in [1.82, 2.24) is 14.9 Å². The van der Waals surface area contributed by atoms with E-state index in [1.165, 1.54) is 23.8 Å². The SMILES string of the molecule is CCC(C)c1cc([N+](=O)[O-])cc([N+](=O)[O-])c1OC(=O)C=C(C)C.CCCCNC(=O)n1c(NC(=O)OC)nc2ccccc21. The molecule has 44 heavy (non-hydrogen) atoms. The molecular weight excluding hydrogens is 576 g/mol. The number of methoxy groups -OCH3 is 1. The monoisotopic (exact) mass is 612 g/mol. The Morgan fingerprint density at radius 2 is 1.77 bits per heavy atom. The van der Waals surface area contributed by atoms with Crippen molar-refractivity contribution in [2.45, 2.75) is 59.8 Å². The van der Waals surface area contributed by atoms with Gasteiger partial charge in [-0.2, -0.15) is 0 Å². The Balaban J connectivity index is 0.000000308. The molecule has 0 radical (unpaired) electrons. The molecule has 236 valence electrons. The number of non-ortho nitro benzene ring substituents is 1. The van der Waals surface area contributed by atoms with E-state index in [0.717, 1.165) is 18.9 Å². The lowest BCUT2D eigenvalue weighted by Gasteiger charge is -2.14. The summed E-state index contributed by atoms with van der Waals surface area (Å²) in [7, 11) is 1.25. The predicted octanol–water partition coefficient (Wildman–Crippen LogP) is 6.46. The van der Waals surface area contributed by atoms with Gasteiger partial charge in [-0.1, -0.05) is 44.9 Å². The van der Waals surface area contributed by atoms with E-state index in [0.29, 0.717) is 29.6 Å². The Morgan fingerprint density at radius 3 is 2.34 bits per heavy atom. The number of ether oxygens (including phenoxy) is 2. The van der Waals surface area contributed by atoms with Crippen molar-refractivity contribution in [3.05, 3.63) is 73.8 Å². The average molecular weight is 613 g/mol. The van der Waals surface area contributed by atoms with Crippen molar-refractivity contribution in [2.75, 3.05) is 19.0 Å². The number of nitrogens with zero attached hydrogens (tertiary/aromatic N) is 4. The summed E-state index contributed by atoms with van der Waals surface area (Å²) in [6.07, 6.45) is 2.97. The van der Waals surface area contributed by atoms with Crippen LogP contribution in [0.3, 0.4) is 0 Å². The molecule has 2 N–H and O–H groups in total. The summed E-state index contributed by atoms with van der Waals surface area (Å²) in [5, 5.41) is 27.5. The van der Waals surface area contributed by atoms with Crippen molar-refractivity contribution >= 4 is 46.5 Å².